The van der Waals surface area contributed by atoms with Gasteiger partial charge in [-0.1, -0.05) is 13.8 Å². The van der Waals surface area contributed by atoms with Gasteiger partial charge in [-0.25, -0.2) is 5.10 Å². The van der Waals surface area contributed by atoms with E-state index in [1.165, 1.54) is 0 Å². The van der Waals surface area contributed by atoms with E-state index in [9.17, 15) is 4.79 Å². The molecule has 1 fully saturated rings. The average molecular weight is 347 g/mol. The number of benzene rings is 1. The van der Waals surface area contributed by atoms with Crippen LogP contribution in [0.3, 0.4) is 0 Å². The Kier molecular flexibility index (Phi) is 4.09. The van der Waals surface area contributed by atoms with Crippen molar-refractivity contribution in [2.45, 2.75) is 38.8 Å². The second-order valence-corrected chi connectivity index (χ2v) is 7.25. The molecule has 1 saturated carbocycles. The number of hydrogen-bond acceptors (Lipinski definition) is 5. The molecule has 3 rings (SSSR count). The minimum absolute atomic E-state index is 0.0822. The summed E-state index contributed by atoms with van der Waals surface area (Å²) in [5.74, 6) is 0.309. The number of hydrogen-bond donors (Lipinski definition) is 2. The summed E-state index contributed by atoms with van der Waals surface area (Å²) in [5, 5.41) is 9.64. The predicted molar refractivity (Wildman–Crippen MR) is 92.2 cm³/mol. The van der Waals surface area contributed by atoms with E-state index in [1.54, 1.807) is 31.4 Å². The van der Waals surface area contributed by atoms with Gasteiger partial charge in [0.05, 0.1) is 5.60 Å². The van der Waals surface area contributed by atoms with Crippen LogP contribution in [-0.2, 0) is 4.74 Å². The Balaban J connectivity index is 1.69. The van der Waals surface area contributed by atoms with Crippen molar-refractivity contribution in [3.05, 3.63) is 34.7 Å². The summed E-state index contributed by atoms with van der Waals surface area (Å²) in [6.45, 7) is 6.30. The molecule has 2 N–H and O–H groups in total. The van der Waals surface area contributed by atoms with Crippen molar-refractivity contribution in [2.75, 3.05) is 7.11 Å². The molecule has 0 spiro atoms. The van der Waals surface area contributed by atoms with Crippen LogP contribution in [0, 0.1) is 10.3 Å². The van der Waals surface area contributed by atoms with Gasteiger partial charge in [-0.15, -0.1) is 5.10 Å². The highest BCUT2D eigenvalue weighted by Crippen LogP contribution is 2.51. The van der Waals surface area contributed by atoms with E-state index in [0.29, 0.717) is 11.5 Å². The third-order valence-electron chi connectivity index (χ3n) is 5.42. The zero-order valence-corrected chi connectivity index (χ0v) is 15.0. The van der Waals surface area contributed by atoms with E-state index in [2.05, 4.69) is 36.3 Å². The van der Waals surface area contributed by atoms with Crippen LogP contribution in [-0.4, -0.2) is 34.9 Å². The van der Waals surface area contributed by atoms with Crippen molar-refractivity contribution in [2.24, 2.45) is 5.41 Å². The van der Waals surface area contributed by atoms with E-state index in [1.807, 2.05) is 0 Å². The number of ether oxygens (including phenoxy) is 1. The molecule has 6 nitrogen and oxygen atoms in total. The summed E-state index contributed by atoms with van der Waals surface area (Å²) in [5.41, 5.74) is 1.02. The third kappa shape index (κ3) is 2.67. The Labute approximate surface area is 145 Å². The van der Waals surface area contributed by atoms with Crippen molar-refractivity contribution in [3.8, 4) is 11.5 Å². The Morgan fingerprint density at radius 3 is 2.54 bits per heavy atom. The van der Waals surface area contributed by atoms with E-state index >= 15 is 0 Å². The lowest BCUT2D eigenvalue weighted by atomic mass is 9.56. The number of carbonyl (C=O) groups excluding carboxylic acids is 1. The van der Waals surface area contributed by atoms with Crippen LogP contribution in [0.25, 0.3) is 11.5 Å². The van der Waals surface area contributed by atoms with Crippen molar-refractivity contribution < 1.29 is 13.9 Å². The van der Waals surface area contributed by atoms with E-state index < -0.39 is 0 Å². The fourth-order valence-corrected chi connectivity index (χ4v) is 3.21. The van der Waals surface area contributed by atoms with Crippen LogP contribution in [0.15, 0.2) is 28.7 Å². The summed E-state index contributed by atoms with van der Waals surface area (Å²) in [7, 11) is 1.72. The number of rotatable bonds is 4. The fraction of sp³-hybridized carbons (Fsp3) is 0.471. The lowest BCUT2D eigenvalue weighted by Gasteiger charge is -2.59. The SMILES string of the molecule is CO[C@]1(C)C[C@H](NC(=O)c2ccc(-c3n[nH]c(=S)o3)cc2)C1(C)C. The van der Waals surface area contributed by atoms with E-state index in [0.717, 1.165) is 12.0 Å². The number of amides is 1. The summed E-state index contributed by atoms with van der Waals surface area (Å²) >= 11 is 4.86. The quantitative estimate of drug-likeness (QED) is 0.829. The van der Waals surface area contributed by atoms with Gasteiger partial charge in [-0.2, -0.15) is 0 Å². The summed E-state index contributed by atoms with van der Waals surface area (Å²) < 4.78 is 10.9. The number of nitrogens with zero attached hydrogens (tertiary/aromatic N) is 1. The second-order valence-electron chi connectivity index (χ2n) is 6.88. The minimum atomic E-state index is -0.210. The van der Waals surface area contributed by atoms with Crippen LogP contribution in [0.4, 0.5) is 0 Å². The fourth-order valence-electron chi connectivity index (χ4n) is 3.08. The summed E-state index contributed by atoms with van der Waals surface area (Å²) in [4.78, 5) is 12.7. The van der Waals surface area contributed by atoms with Gasteiger partial charge < -0.3 is 14.5 Å². The summed E-state index contributed by atoms with van der Waals surface area (Å²) in [6.07, 6.45) is 0.800. The van der Waals surface area contributed by atoms with Crippen LogP contribution in [0.1, 0.15) is 37.6 Å². The summed E-state index contributed by atoms with van der Waals surface area (Å²) in [6, 6.07) is 7.15. The molecule has 0 aliphatic heterocycles. The molecule has 0 saturated heterocycles. The zero-order chi connectivity index (χ0) is 17.5. The van der Waals surface area contributed by atoms with Gasteiger partial charge >= 0.3 is 0 Å². The van der Waals surface area contributed by atoms with Crippen LogP contribution < -0.4 is 5.32 Å². The van der Waals surface area contributed by atoms with E-state index in [-0.39, 0.29) is 27.8 Å². The van der Waals surface area contributed by atoms with Crippen molar-refractivity contribution in [1.82, 2.24) is 15.5 Å². The minimum Gasteiger partial charge on any atom is -0.409 e. The number of carbonyl (C=O) groups is 1. The lowest BCUT2D eigenvalue weighted by Crippen LogP contribution is -2.68. The molecule has 2 aromatic rings. The number of aromatic nitrogens is 2. The van der Waals surface area contributed by atoms with Gasteiger partial charge in [0.1, 0.15) is 0 Å². The molecule has 1 aromatic carbocycles. The largest absolute Gasteiger partial charge is 0.409 e. The Bertz CT molecular complexity index is 809. The van der Waals surface area contributed by atoms with Gasteiger partial charge in [0, 0.05) is 29.7 Å². The molecule has 0 bridgehead atoms. The van der Waals surface area contributed by atoms with Crippen LogP contribution >= 0.6 is 12.2 Å². The maximum Gasteiger partial charge on any atom is 0.284 e. The molecule has 0 unspecified atom stereocenters. The zero-order valence-electron chi connectivity index (χ0n) is 14.2. The highest BCUT2D eigenvalue weighted by Gasteiger charge is 2.58. The number of methoxy groups -OCH3 is 1. The molecule has 128 valence electrons. The third-order valence-corrected chi connectivity index (χ3v) is 5.59. The van der Waals surface area contributed by atoms with Crippen molar-refractivity contribution in [1.29, 1.82) is 0 Å². The van der Waals surface area contributed by atoms with Crippen molar-refractivity contribution >= 4 is 18.1 Å². The molecule has 1 amide bonds. The first-order valence-electron chi connectivity index (χ1n) is 7.79. The monoisotopic (exact) mass is 347 g/mol. The average Bonchev–Trinajstić information content (AvgIpc) is 3.00. The van der Waals surface area contributed by atoms with E-state index in [4.69, 9.17) is 21.4 Å². The molecule has 1 aromatic heterocycles. The molecule has 0 radical (unpaired) electrons. The topological polar surface area (TPSA) is 80.1 Å². The molecule has 1 aliphatic rings. The molecule has 24 heavy (non-hydrogen) atoms. The molecular formula is C17H21N3O3S. The Hall–Kier alpha value is -1.99. The molecule has 2 atom stereocenters. The molecule has 7 heteroatoms. The van der Waals surface area contributed by atoms with Gasteiger partial charge in [0.15, 0.2) is 0 Å². The highest BCUT2D eigenvalue weighted by atomic mass is 32.1. The van der Waals surface area contributed by atoms with Crippen molar-refractivity contribution in [3.63, 3.8) is 0 Å². The highest BCUT2D eigenvalue weighted by molar-refractivity contribution is 7.71. The smallest absolute Gasteiger partial charge is 0.284 e. The van der Waals surface area contributed by atoms with Gasteiger partial charge in [0.25, 0.3) is 10.7 Å². The molecule has 1 aliphatic carbocycles. The maximum atomic E-state index is 12.5. The first-order valence-corrected chi connectivity index (χ1v) is 8.19. The maximum absolute atomic E-state index is 12.5. The standard InChI is InChI=1S/C17H21N3O3S/c1-16(2)12(9-17(16,3)22-4)18-13(21)10-5-7-11(8-6-10)14-19-20-15(24)23-14/h5-8,12H,9H2,1-4H3,(H,18,21)(H,20,24)/t12-,17+/m0/s1. The Morgan fingerprint density at radius 2 is 2.04 bits per heavy atom. The Morgan fingerprint density at radius 1 is 1.38 bits per heavy atom. The second kappa shape index (κ2) is 5.82. The lowest BCUT2D eigenvalue weighted by molar-refractivity contribution is -0.177. The number of H-pyrrole nitrogens is 1. The number of aromatic amines is 1. The van der Waals surface area contributed by atoms with Crippen LogP contribution in [0.2, 0.25) is 0 Å². The predicted octanol–water partition coefficient (Wildman–Crippen LogP) is 3.33. The first kappa shape index (κ1) is 16.9. The van der Waals surface area contributed by atoms with Crippen LogP contribution in [0.5, 0.6) is 0 Å². The normalized spacial score (nSPS) is 25.1. The van der Waals surface area contributed by atoms with Gasteiger partial charge in [-0.3, -0.25) is 4.79 Å². The molecule has 1 heterocycles. The number of nitrogens with one attached hydrogen (secondary N) is 2. The van der Waals surface area contributed by atoms with Gasteiger partial charge in [0.2, 0.25) is 5.89 Å². The first-order chi connectivity index (χ1) is 11.3. The van der Waals surface area contributed by atoms with Gasteiger partial charge in [-0.05, 0) is 49.8 Å². The molecular weight excluding hydrogens is 326 g/mol.